The second kappa shape index (κ2) is 7.98. The van der Waals surface area contributed by atoms with Crippen molar-refractivity contribution >= 4 is 24.0 Å². The number of allylic oxidation sites excluding steroid dienone is 1. The van der Waals surface area contributed by atoms with E-state index < -0.39 is 7.14 Å². The summed E-state index contributed by atoms with van der Waals surface area (Å²) in [4.78, 5) is 1.90. The summed E-state index contributed by atoms with van der Waals surface area (Å²) in [6.45, 7) is 0. The Morgan fingerprint density at radius 2 is 1.33 bits per heavy atom. The molecular weight excluding hydrogens is 317 g/mol. The van der Waals surface area contributed by atoms with E-state index in [0.717, 1.165) is 10.6 Å². The quantitative estimate of drug-likeness (QED) is 0.460. The average Bonchev–Trinajstić information content (AvgIpc) is 2.59. The standard InChI is InChI=1S/C19H24N3OP/c1-21(2)16-19(15-20-22(3)4)24(23,17-11-7-5-8-12-17)18-13-9-6-10-14-18/h5-16H,1-4H3/b19-16+,20-15+. The Morgan fingerprint density at radius 3 is 1.71 bits per heavy atom. The molecule has 0 aliphatic carbocycles. The molecular formula is C19H24N3OP. The fourth-order valence-corrected chi connectivity index (χ4v) is 5.04. The third-order valence-corrected chi connectivity index (χ3v) is 6.42. The zero-order valence-corrected chi connectivity index (χ0v) is 15.5. The molecule has 4 nitrogen and oxygen atoms in total. The molecule has 0 saturated carbocycles. The van der Waals surface area contributed by atoms with E-state index in [0.29, 0.717) is 5.31 Å². The van der Waals surface area contributed by atoms with Gasteiger partial charge in [0.2, 0.25) is 0 Å². The first-order valence-corrected chi connectivity index (χ1v) is 9.46. The van der Waals surface area contributed by atoms with Gasteiger partial charge in [-0.2, -0.15) is 5.10 Å². The van der Waals surface area contributed by atoms with E-state index in [2.05, 4.69) is 5.10 Å². The van der Waals surface area contributed by atoms with Crippen LogP contribution in [0, 0.1) is 0 Å². The summed E-state index contributed by atoms with van der Waals surface area (Å²) in [5.74, 6) is 0. The molecule has 0 spiro atoms. The number of benzene rings is 2. The van der Waals surface area contributed by atoms with Crippen molar-refractivity contribution < 1.29 is 4.57 Å². The molecule has 2 rings (SSSR count). The molecule has 0 radical (unpaired) electrons. The van der Waals surface area contributed by atoms with Gasteiger partial charge in [0.15, 0.2) is 7.14 Å². The van der Waals surface area contributed by atoms with Crippen LogP contribution >= 0.6 is 7.14 Å². The third kappa shape index (κ3) is 4.15. The smallest absolute Gasteiger partial charge is 0.174 e. The van der Waals surface area contributed by atoms with Gasteiger partial charge in [-0.15, -0.1) is 0 Å². The van der Waals surface area contributed by atoms with Crippen LogP contribution in [0.25, 0.3) is 0 Å². The normalized spacial score (nSPS) is 12.4. The largest absolute Gasteiger partial charge is 0.383 e. The Labute approximate surface area is 144 Å². The highest BCUT2D eigenvalue weighted by atomic mass is 31.2. The zero-order valence-electron chi connectivity index (χ0n) is 14.6. The number of hydrazone groups is 1. The van der Waals surface area contributed by atoms with Crippen LogP contribution in [0.3, 0.4) is 0 Å². The van der Waals surface area contributed by atoms with Crippen molar-refractivity contribution in [2.75, 3.05) is 28.2 Å². The van der Waals surface area contributed by atoms with E-state index >= 15 is 0 Å². The monoisotopic (exact) mass is 341 g/mol. The summed E-state index contributed by atoms with van der Waals surface area (Å²) in [5.41, 5.74) is 0. The Hall–Kier alpha value is -2.32. The minimum atomic E-state index is -3.00. The van der Waals surface area contributed by atoms with Crippen LogP contribution in [0.5, 0.6) is 0 Å². The predicted octanol–water partition coefficient (Wildman–Crippen LogP) is 2.95. The van der Waals surface area contributed by atoms with E-state index in [1.165, 1.54) is 0 Å². The van der Waals surface area contributed by atoms with E-state index in [4.69, 9.17) is 0 Å². The Morgan fingerprint density at radius 1 is 0.875 bits per heavy atom. The van der Waals surface area contributed by atoms with Gasteiger partial charge in [0.25, 0.3) is 0 Å². The maximum atomic E-state index is 14.3. The SMILES string of the molecule is CN(C)/C=C(\C=N\N(C)C)P(=O)(c1ccccc1)c1ccccc1. The predicted molar refractivity (Wildman–Crippen MR) is 104 cm³/mol. The highest BCUT2D eigenvalue weighted by Gasteiger charge is 2.31. The molecule has 0 heterocycles. The van der Waals surface area contributed by atoms with Crippen molar-refractivity contribution in [2.45, 2.75) is 0 Å². The lowest BCUT2D eigenvalue weighted by Crippen LogP contribution is -2.20. The van der Waals surface area contributed by atoms with Gasteiger partial charge in [-0.1, -0.05) is 60.7 Å². The molecule has 126 valence electrons. The number of nitrogens with zero attached hydrogens (tertiary/aromatic N) is 3. The topological polar surface area (TPSA) is 35.9 Å². The molecule has 0 aliphatic rings. The van der Waals surface area contributed by atoms with Crippen LogP contribution in [0.4, 0.5) is 0 Å². The first-order chi connectivity index (χ1) is 11.4. The lowest BCUT2D eigenvalue weighted by atomic mass is 10.4. The second-order valence-electron chi connectivity index (χ2n) is 5.89. The lowest BCUT2D eigenvalue weighted by Gasteiger charge is -2.22. The molecule has 0 aliphatic heterocycles. The molecule has 2 aromatic rings. The van der Waals surface area contributed by atoms with Gasteiger partial charge >= 0.3 is 0 Å². The molecule has 0 unspecified atom stereocenters. The van der Waals surface area contributed by atoms with Crippen molar-refractivity contribution in [2.24, 2.45) is 5.10 Å². The van der Waals surface area contributed by atoms with Crippen molar-refractivity contribution in [1.29, 1.82) is 0 Å². The van der Waals surface area contributed by atoms with Crippen LogP contribution < -0.4 is 10.6 Å². The number of rotatable bonds is 6. The molecule has 0 bridgehead atoms. The summed E-state index contributed by atoms with van der Waals surface area (Å²) < 4.78 is 14.3. The summed E-state index contributed by atoms with van der Waals surface area (Å²) in [6.07, 6.45) is 3.58. The molecule has 0 atom stereocenters. The van der Waals surface area contributed by atoms with Crippen LogP contribution in [-0.4, -0.2) is 44.3 Å². The van der Waals surface area contributed by atoms with E-state index in [1.807, 2.05) is 100.0 Å². The Kier molecular flexibility index (Phi) is 5.99. The molecule has 0 amide bonds. The Bertz CT molecular complexity index is 709. The van der Waals surface area contributed by atoms with Crippen LogP contribution in [0.2, 0.25) is 0 Å². The summed E-state index contributed by atoms with van der Waals surface area (Å²) >= 11 is 0. The van der Waals surface area contributed by atoms with Gasteiger partial charge in [0.05, 0.1) is 11.5 Å². The molecule has 0 aromatic heterocycles. The average molecular weight is 341 g/mol. The molecule has 0 saturated heterocycles. The lowest BCUT2D eigenvalue weighted by molar-refractivity contribution is 0.440. The molecule has 0 N–H and O–H groups in total. The first-order valence-electron chi connectivity index (χ1n) is 7.76. The summed E-state index contributed by atoms with van der Waals surface area (Å²) in [6, 6.07) is 19.2. The fourth-order valence-electron chi connectivity index (χ4n) is 2.36. The van der Waals surface area contributed by atoms with Crippen LogP contribution in [-0.2, 0) is 4.57 Å². The number of hydrogen-bond acceptors (Lipinski definition) is 4. The van der Waals surface area contributed by atoms with Crippen LogP contribution in [0.1, 0.15) is 0 Å². The summed E-state index contributed by atoms with van der Waals surface area (Å²) in [5, 5.41) is 8.33. The molecule has 0 fully saturated rings. The van der Waals surface area contributed by atoms with Gasteiger partial charge in [-0.05, 0) is 0 Å². The highest BCUT2D eigenvalue weighted by Crippen LogP contribution is 2.50. The van der Waals surface area contributed by atoms with Gasteiger partial charge in [-0.3, -0.25) is 0 Å². The maximum absolute atomic E-state index is 14.3. The van der Waals surface area contributed by atoms with Gasteiger partial charge < -0.3 is 14.5 Å². The minimum Gasteiger partial charge on any atom is -0.383 e. The van der Waals surface area contributed by atoms with Gasteiger partial charge in [0, 0.05) is 45.0 Å². The third-order valence-electron chi connectivity index (χ3n) is 3.41. The summed E-state index contributed by atoms with van der Waals surface area (Å²) in [7, 11) is 4.53. The van der Waals surface area contributed by atoms with Gasteiger partial charge in [-0.25, -0.2) is 0 Å². The second-order valence-corrected chi connectivity index (χ2v) is 8.66. The van der Waals surface area contributed by atoms with Gasteiger partial charge in [0.1, 0.15) is 0 Å². The van der Waals surface area contributed by atoms with Crippen molar-refractivity contribution in [3.05, 3.63) is 72.2 Å². The van der Waals surface area contributed by atoms with E-state index in [-0.39, 0.29) is 0 Å². The molecule has 5 heteroatoms. The maximum Gasteiger partial charge on any atom is 0.174 e. The van der Waals surface area contributed by atoms with Crippen molar-refractivity contribution in [1.82, 2.24) is 9.91 Å². The van der Waals surface area contributed by atoms with Crippen molar-refractivity contribution in [3.8, 4) is 0 Å². The molecule has 24 heavy (non-hydrogen) atoms. The van der Waals surface area contributed by atoms with E-state index in [9.17, 15) is 4.57 Å². The Balaban J connectivity index is 2.71. The van der Waals surface area contributed by atoms with Crippen LogP contribution in [0.15, 0.2) is 77.3 Å². The zero-order chi connectivity index (χ0) is 17.6. The minimum absolute atomic E-state index is 0.693. The number of hydrogen-bond donors (Lipinski definition) is 0. The van der Waals surface area contributed by atoms with E-state index in [1.54, 1.807) is 11.2 Å². The highest BCUT2D eigenvalue weighted by molar-refractivity contribution is 7.83. The molecule has 2 aromatic carbocycles. The first kappa shape index (κ1) is 18.0. The fraction of sp³-hybridized carbons (Fsp3) is 0.211. The van der Waals surface area contributed by atoms with Crippen molar-refractivity contribution in [3.63, 3.8) is 0 Å².